The number of fused-ring (bicyclic) bond motifs is 1. The number of aliphatic carboxylic acids is 1. The van der Waals surface area contributed by atoms with Gasteiger partial charge in [0.1, 0.15) is 6.10 Å². The smallest absolute Gasteiger partial charge is 0.311 e. The lowest BCUT2D eigenvalue weighted by molar-refractivity contribution is -0.157. The van der Waals surface area contributed by atoms with E-state index in [-0.39, 0.29) is 18.4 Å². The number of nitrogens with zero attached hydrogens (tertiary/aromatic N) is 1. The van der Waals surface area contributed by atoms with E-state index in [1.807, 2.05) is 6.92 Å². The summed E-state index contributed by atoms with van der Waals surface area (Å²) < 4.78 is 10.7. The predicted octanol–water partition coefficient (Wildman–Crippen LogP) is 0.361. The van der Waals surface area contributed by atoms with Crippen LogP contribution in [0.5, 0.6) is 0 Å². The molecule has 6 heteroatoms. The molecule has 0 saturated carbocycles. The van der Waals surface area contributed by atoms with Gasteiger partial charge < -0.3 is 19.5 Å². The van der Waals surface area contributed by atoms with Crippen LogP contribution in [-0.4, -0.2) is 60.9 Å². The molecule has 0 radical (unpaired) electrons. The number of carboxylic acids is 1. The van der Waals surface area contributed by atoms with Gasteiger partial charge in [0.15, 0.2) is 0 Å². The van der Waals surface area contributed by atoms with Crippen LogP contribution in [0.25, 0.3) is 0 Å². The molecule has 1 N–H and O–H groups in total. The van der Waals surface area contributed by atoms with E-state index >= 15 is 0 Å². The lowest BCUT2D eigenvalue weighted by Gasteiger charge is -2.33. The second-order valence-corrected chi connectivity index (χ2v) is 5.30. The van der Waals surface area contributed by atoms with Gasteiger partial charge in [0.05, 0.1) is 12.0 Å². The average molecular weight is 271 g/mol. The fourth-order valence-electron chi connectivity index (χ4n) is 3.05. The Morgan fingerprint density at radius 3 is 2.89 bits per heavy atom. The third-order valence-electron chi connectivity index (χ3n) is 4.21. The SMILES string of the molecule is CCOC(C)C(=O)N1C[C@H]2COCC[C@@]2(C(=O)O)C1. The summed E-state index contributed by atoms with van der Waals surface area (Å²) in [5.74, 6) is -1.06. The van der Waals surface area contributed by atoms with Crippen LogP contribution < -0.4 is 0 Å². The summed E-state index contributed by atoms with van der Waals surface area (Å²) in [4.78, 5) is 25.4. The van der Waals surface area contributed by atoms with Crippen molar-refractivity contribution in [1.29, 1.82) is 0 Å². The van der Waals surface area contributed by atoms with E-state index in [9.17, 15) is 14.7 Å². The number of hydrogen-bond donors (Lipinski definition) is 1. The Bertz CT molecular complexity index is 372. The maximum atomic E-state index is 12.2. The van der Waals surface area contributed by atoms with Crippen LogP contribution in [0.1, 0.15) is 20.3 Å². The Balaban J connectivity index is 2.11. The van der Waals surface area contributed by atoms with Gasteiger partial charge >= 0.3 is 5.97 Å². The topological polar surface area (TPSA) is 76.1 Å². The highest BCUT2D eigenvalue weighted by molar-refractivity contribution is 5.83. The van der Waals surface area contributed by atoms with Crippen molar-refractivity contribution in [2.45, 2.75) is 26.4 Å². The molecular formula is C13H21NO5. The summed E-state index contributed by atoms with van der Waals surface area (Å²) in [6, 6.07) is 0. The van der Waals surface area contributed by atoms with Crippen molar-refractivity contribution in [1.82, 2.24) is 4.90 Å². The second-order valence-electron chi connectivity index (χ2n) is 5.30. The van der Waals surface area contributed by atoms with Crippen molar-refractivity contribution >= 4 is 11.9 Å². The van der Waals surface area contributed by atoms with Gasteiger partial charge in [-0.25, -0.2) is 0 Å². The largest absolute Gasteiger partial charge is 0.481 e. The number of carbonyl (C=O) groups excluding carboxylic acids is 1. The van der Waals surface area contributed by atoms with E-state index in [2.05, 4.69) is 0 Å². The molecule has 2 saturated heterocycles. The minimum absolute atomic E-state index is 0.114. The van der Waals surface area contributed by atoms with Crippen LogP contribution in [-0.2, 0) is 19.1 Å². The zero-order valence-corrected chi connectivity index (χ0v) is 11.4. The summed E-state index contributed by atoms with van der Waals surface area (Å²) in [6.45, 7) is 5.59. The fraction of sp³-hybridized carbons (Fsp3) is 0.846. The summed E-state index contributed by atoms with van der Waals surface area (Å²) >= 11 is 0. The first-order valence-electron chi connectivity index (χ1n) is 6.73. The summed E-state index contributed by atoms with van der Waals surface area (Å²) in [6.07, 6.45) is -0.0447. The van der Waals surface area contributed by atoms with Crippen molar-refractivity contribution in [3.8, 4) is 0 Å². The number of carboxylic acid groups (broad SMARTS) is 1. The molecule has 2 heterocycles. The molecule has 0 aromatic heterocycles. The van der Waals surface area contributed by atoms with Crippen molar-refractivity contribution in [3.05, 3.63) is 0 Å². The normalized spacial score (nSPS) is 31.9. The van der Waals surface area contributed by atoms with Crippen LogP contribution in [0.3, 0.4) is 0 Å². The van der Waals surface area contributed by atoms with E-state index in [0.29, 0.717) is 32.8 Å². The minimum atomic E-state index is -0.833. The van der Waals surface area contributed by atoms with E-state index < -0.39 is 17.5 Å². The first-order valence-corrected chi connectivity index (χ1v) is 6.73. The van der Waals surface area contributed by atoms with Gasteiger partial charge in [-0.3, -0.25) is 9.59 Å². The Morgan fingerprint density at radius 1 is 1.58 bits per heavy atom. The van der Waals surface area contributed by atoms with Crippen LogP contribution in [0.15, 0.2) is 0 Å². The van der Waals surface area contributed by atoms with E-state index in [0.717, 1.165) is 0 Å². The van der Waals surface area contributed by atoms with Gasteiger partial charge in [-0.1, -0.05) is 0 Å². The van der Waals surface area contributed by atoms with E-state index in [1.54, 1.807) is 11.8 Å². The first-order chi connectivity index (χ1) is 9.01. The zero-order chi connectivity index (χ0) is 14.0. The van der Waals surface area contributed by atoms with Gasteiger partial charge in [-0.05, 0) is 20.3 Å². The molecule has 0 aliphatic carbocycles. The van der Waals surface area contributed by atoms with Crippen LogP contribution in [0.2, 0.25) is 0 Å². The number of carbonyl (C=O) groups is 2. The molecule has 0 aromatic carbocycles. The highest BCUT2D eigenvalue weighted by Gasteiger charge is 2.55. The summed E-state index contributed by atoms with van der Waals surface area (Å²) in [5, 5.41) is 9.52. The standard InChI is InChI=1S/C13H21NO5/c1-3-19-9(2)11(15)14-6-10-7-18-5-4-13(10,8-14)12(16)17/h9-10H,3-8H2,1-2H3,(H,16,17)/t9?,10-,13+/m0/s1. The Morgan fingerprint density at radius 2 is 2.32 bits per heavy atom. The molecule has 6 nitrogen and oxygen atoms in total. The molecule has 2 fully saturated rings. The third-order valence-corrected chi connectivity index (χ3v) is 4.21. The molecule has 1 amide bonds. The van der Waals surface area contributed by atoms with Gasteiger partial charge in [0, 0.05) is 32.2 Å². The lowest BCUT2D eigenvalue weighted by atomic mass is 9.74. The number of ether oxygens (including phenoxy) is 2. The van der Waals surface area contributed by atoms with Gasteiger partial charge in [-0.2, -0.15) is 0 Å². The molecule has 19 heavy (non-hydrogen) atoms. The summed E-state index contributed by atoms with van der Waals surface area (Å²) in [7, 11) is 0. The molecule has 108 valence electrons. The number of likely N-dealkylation sites (tertiary alicyclic amines) is 1. The number of hydrogen-bond acceptors (Lipinski definition) is 4. The molecular weight excluding hydrogens is 250 g/mol. The quantitative estimate of drug-likeness (QED) is 0.799. The molecule has 2 aliphatic heterocycles. The minimum Gasteiger partial charge on any atom is -0.481 e. The molecule has 0 bridgehead atoms. The zero-order valence-electron chi connectivity index (χ0n) is 11.4. The fourth-order valence-corrected chi connectivity index (χ4v) is 3.05. The molecule has 1 unspecified atom stereocenters. The molecule has 0 aromatic rings. The Labute approximate surface area is 112 Å². The van der Waals surface area contributed by atoms with Crippen molar-refractivity contribution in [2.24, 2.45) is 11.3 Å². The van der Waals surface area contributed by atoms with Crippen LogP contribution in [0, 0.1) is 11.3 Å². The number of amides is 1. The predicted molar refractivity (Wildman–Crippen MR) is 66.7 cm³/mol. The van der Waals surface area contributed by atoms with Crippen molar-refractivity contribution in [3.63, 3.8) is 0 Å². The highest BCUT2D eigenvalue weighted by atomic mass is 16.5. The molecule has 2 rings (SSSR count). The van der Waals surface area contributed by atoms with Crippen molar-refractivity contribution < 1.29 is 24.2 Å². The highest BCUT2D eigenvalue weighted by Crippen LogP contribution is 2.42. The Kier molecular flexibility index (Phi) is 4.10. The molecule has 3 atom stereocenters. The maximum absolute atomic E-state index is 12.2. The van der Waals surface area contributed by atoms with Crippen LogP contribution in [0.4, 0.5) is 0 Å². The monoisotopic (exact) mass is 271 g/mol. The van der Waals surface area contributed by atoms with Gasteiger partial charge in [-0.15, -0.1) is 0 Å². The van der Waals surface area contributed by atoms with E-state index in [1.165, 1.54) is 0 Å². The van der Waals surface area contributed by atoms with Gasteiger partial charge in [0.2, 0.25) is 0 Å². The number of rotatable bonds is 4. The second kappa shape index (κ2) is 5.46. The van der Waals surface area contributed by atoms with E-state index in [4.69, 9.17) is 9.47 Å². The average Bonchev–Trinajstić information content (AvgIpc) is 2.78. The third kappa shape index (κ3) is 2.47. The molecule has 2 aliphatic rings. The first kappa shape index (κ1) is 14.3. The lowest BCUT2D eigenvalue weighted by Crippen LogP contribution is -2.45. The van der Waals surface area contributed by atoms with Gasteiger partial charge in [0.25, 0.3) is 5.91 Å². The van der Waals surface area contributed by atoms with Crippen molar-refractivity contribution in [2.75, 3.05) is 32.9 Å². The maximum Gasteiger partial charge on any atom is 0.311 e. The van der Waals surface area contributed by atoms with Crippen LogP contribution >= 0.6 is 0 Å². The molecule has 0 spiro atoms. The Hall–Kier alpha value is -1.14. The summed E-state index contributed by atoms with van der Waals surface area (Å²) in [5.41, 5.74) is -0.833.